The summed E-state index contributed by atoms with van der Waals surface area (Å²) in [6, 6.07) is 61.2. The molecule has 0 atom stereocenters. The Morgan fingerprint density at radius 1 is 0.407 bits per heavy atom. The zero-order valence-corrected chi connectivity index (χ0v) is 29.7. The number of aromatic nitrogens is 3. The topological polar surface area (TPSA) is 51.8 Å². The van der Waals surface area contributed by atoms with E-state index in [-0.39, 0.29) is 0 Å². The van der Waals surface area contributed by atoms with Crippen molar-refractivity contribution in [3.63, 3.8) is 0 Å². The number of benzene rings is 7. The monoisotopic (exact) mass is 707 g/mol. The molecule has 0 N–H and O–H groups in total. The van der Waals surface area contributed by atoms with Gasteiger partial charge in [0.25, 0.3) is 0 Å². The minimum Gasteiger partial charge on any atom is -0.454 e. The van der Waals surface area contributed by atoms with Crippen molar-refractivity contribution in [2.45, 2.75) is 0 Å². The molecule has 5 heteroatoms. The molecule has 4 heterocycles. The van der Waals surface area contributed by atoms with E-state index in [0.717, 1.165) is 77.7 Å². The van der Waals surface area contributed by atoms with Crippen molar-refractivity contribution in [2.75, 3.05) is 0 Å². The van der Waals surface area contributed by atoms with E-state index in [4.69, 9.17) is 19.4 Å². The van der Waals surface area contributed by atoms with Crippen LogP contribution in [0, 0.1) is 0 Å². The molecule has 54 heavy (non-hydrogen) atoms. The largest absolute Gasteiger partial charge is 0.454 e. The van der Waals surface area contributed by atoms with Crippen molar-refractivity contribution in [2.24, 2.45) is 0 Å². The zero-order chi connectivity index (χ0) is 35.6. The van der Waals surface area contributed by atoms with Gasteiger partial charge in [-0.2, -0.15) is 0 Å². The van der Waals surface area contributed by atoms with E-state index >= 15 is 0 Å². The lowest BCUT2D eigenvalue weighted by Crippen LogP contribution is -1.96. The van der Waals surface area contributed by atoms with E-state index in [9.17, 15) is 0 Å². The molecule has 0 spiro atoms. The van der Waals surface area contributed by atoms with Gasteiger partial charge in [-0.3, -0.25) is 0 Å². The number of fused-ring (bicyclic) bond motifs is 8. The molecule has 7 aromatic carbocycles. The smallest absolute Gasteiger partial charge is 0.162 e. The Hall–Kier alpha value is -6.95. The number of pyridine rings is 1. The van der Waals surface area contributed by atoms with Crippen LogP contribution >= 0.6 is 11.3 Å². The first-order chi connectivity index (χ1) is 26.7. The highest BCUT2D eigenvalue weighted by molar-refractivity contribution is 7.25. The summed E-state index contributed by atoms with van der Waals surface area (Å²) in [6.07, 6.45) is 0. The number of nitrogens with zero attached hydrogens (tertiary/aromatic N) is 3. The van der Waals surface area contributed by atoms with Gasteiger partial charge >= 0.3 is 0 Å². The summed E-state index contributed by atoms with van der Waals surface area (Å²) in [7, 11) is 0. The van der Waals surface area contributed by atoms with E-state index in [2.05, 4.69) is 127 Å². The van der Waals surface area contributed by atoms with E-state index in [0.29, 0.717) is 5.82 Å². The molecule has 4 aromatic heterocycles. The summed E-state index contributed by atoms with van der Waals surface area (Å²) in [4.78, 5) is 15.5. The summed E-state index contributed by atoms with van der Waals surface area (Å²) in [5, 5.41) is 5.78. The van der Waals surface area contributed by atoms with Crippen molar-refractivity contribution in [3.05, 3.63) is 176 Å². The SMILES string of the molecule is c1ccc(-c2cc(-c3cccc(-c4nc5cc(-c6cccc7sc8ccccc8c67)ccc5c5c4oc4ccccc45)c3)nc(-c3ccccc3)n2)cc1. The first-order valence-electron chi connectivity index (χ1n) is 18.0. The molecule has 11 aromatic rings. The lowest BCUT2D eigenvalue weighted by Gasteiger charge is -2.12. The van der Waals surface area contributed by atoms with Crippen LogP contribution in [-0.2, 0) is 0 Å². The van der Waals surface area contributed by atoms with E-state index in [1.165, 1.54) is 25.7 Å². The predicted molar refractivity (Wildman–Crippen MR) is 225 cm³/mol. The molecule has 252 valence electrons. The maximum atomic E-state index is 6.67. The van der Waals surface area contributed by atoms with Crippen molar-refractivity contribution >= 4 is 64.4 Å². The third kappa shape index (κ3) is 5.01. The van der Waals surface area contributed by atoms with Gasteiger partial charge in [-0.15, -0.1) is 11.3 Å². The van der Waals surface area contributed by atoms with Crippen LogP contribution in [0.4, 0.5) is 0 Å². The molecule has 0 saturated heterocycles. The molecule has 0 aliphatic rings. The lowest BCUT2D eigenvalue weighted by molar-refractivity contribution is 0.669. The highest BCUT2D eigenvalue weighted by Gasteiger charge is 2.20. The normalized spacial score (nSPS) is 11.7. The molecule has 0 aliphatic carbocycles. The average molecular weight is 708 g/mol. The molecule has 4 nitrogen and oxygen atoms in total. The van der Waals surface area contributed by atoms with Gasteiger partial charge in [-0.05, 0) is 47.5 Å². The fourth-order valence-electron chi connectivity index (χ4n) is 7.76. The van der Waals surface area contributed by atoms with Crippen LogP contribution in [0.2, 0.25) is 0 Å². The second-order valence-electron chi connectivity index (χ2n) is 13.5. The highest BCUT2D eigenvalue weighted by Crippen LogP contribution is 2.43. The molecule has 0 amide bonds. The van der Waals surface area contributed by atoms with Gasteiger partial charge in [0, 0.05) is 58.6 Å². The molecule has 0 aliphatic heterocycles. The van der Waals surface area contributed by atoms with Gasteiger partial charge < -0.3 is 4.42 Å². The van der Waals surface area contributed by atoms with E-state index < -0.39 is 0 Å². The second kappa shape index (κ2) is 12.3. The number of hydrogen-bond acceptors (Lipinski definition) is 5. The van der Waals surface area contributed by atoms with E-state index in [1.807, 2.05) is 59.9 Å². The Labute approximate surface area is 314 Å². The number of furan rings is 1. The van der Waals surface area contributed by atoms with Gasteiger partial charge in [-0.25, -0.2) is 15.0 Å². The molecular formula is C49H29N3OS. The molecule has 0 saturated carbocycles. The van der Waals surface area contributed by atoms with Crippen LogP contribution in [0.25, 0.3) is 109 Å². The third-order valence-electron chi connectivity index (χ3n) is 10.3. The van der Waals surface area contributed by atoms with E-state index in [1.54, 1.807) is 0 Å². The maximum Gasteiger partial charge on any atom is 0.162 e. The Morgan fingerprint density at radius 3 is 1.93 bits per heavy atom. The predicted octanol–water partition coefficient (Wildman–Crippen LogP) is 13.6. The number of thiophene rings is 1. The van der Waals surface area contributed by atoms with Crippen molar-refractivity contribution < 1.29 is 4.42 Å². The standard InChI is InChI=1S/C49H29N3OS/c1-3-13-30(14-4-1)39-29-40(52-49(51-39)31-15-5-2-6-16-31)33-17-11-18-34(27-33)47-48-46(37-19-7-9-22-42(37)53-48)36-26-25-32(28-41(36)50-47)35-21-12-24-44-45(35)38-20-8-10-23-43(38)54-44/h1-29H. The van der Waals surface area contributed by atoms with Gasteiger partial charge in [0.05, 0.1) is 16.9 Å². The van der Waals surface area contributed by atoms with Crippen molar-refractivity contribution in [1.29, 1.82) is 0 Å². The van der Waals surface area contributed by atoms with Crippen LogP contribution in [-0.4, -0.2) is 15.0 Å². The van der Waals surface area contributed by atoms with Crippen molar-refractivity contribution in [1.82, 2.24) is 15.0 Å². The van der Waals surface area contributed by atoms with Crippen LogP contribution in [0.3, 0.4) is 0 Å². The Balaban J connectivity index is 1.12. The minimum atomic E-state index is 0.682. The fourth-order valence-corrected chi connectivity index (χ4v) is 8.89. The Morgan fingerprint density at radius 2 is 1.07 bits per heavy atom. The summed E-state index contributed by atoms with van der Waals surface area (Å²) in [6.45, 7) is 0. The first-order valence-corrected chi connectivity index (χ1v) is 18.8. The molecule has 0 radical (unpaired) electrons. The Kier molecular flexibility index (Phi) is 7.00. The Bertz CT molecular complexity index is 3160. The van der Waals surface area contributed by atoms with Gasteiger partial charge in [0.15, 0.2) is 11.4 Å². The summed E-state index contributed by atoms with van der Waals surface area (Å²) in [5.41, 5.74) is 11.3. The molecule has 0 fully saturated rings. The summed E-state index contributed by atoms with van der Waals surface area (Å²) < 4.78 is 9.25. The zero-order valence-electron chi connectivity index (χ0n) is 28.9. The summed E-state index contributed by atoms with van der Waals surface area (Å²) >= 11 is 1.84. The van der Waals surface area contributed by atoms with Gasteiger partial charge in [-0.1, -0.05) is 140 Å². The number of para-hydroxylation sites is 1. The minimum absolute atomic E-state index is 0.682. The van der Waals surface area contributed by atoms with Crippen LogP contribution in [0.15, 0.2) is 180 Å². The highest BCUT2D eigenvalue weighted by atomic mass is 32.1. The average Bonchev–Trinajstić information content (AvgIpc) is 3.83. The molecule has 0 unspecified atom stereocenters. The number of hydrogen-bond donors (Lipinski definition) is 0. The molecular weight excluding hydrogens is 679 g/mol. The maximum absolute atomic E-state index is 6.67. The van der Waals surface area contributed by atoms with Crippen LogP contribution in [0.5, 0.6) is 0 Å². The summed E-state index contributed by atoms with van der Waals surface area (Å²) in [5.74, 6) is 0.682. The lowest BCUT2D eigenvalue weighted by atomic mass is 9.96. The van der Waals surface area contributed by atoms with Crippen LogP contribution < -0.4 is 0 Å². The van der Waals surface area contributed by atoms with Gasteiger partial charge in [0.2, 0.25) is 0 Å². The third-order valence-corrected chi connectivity index (χ3v) is 11.4. The number of rotatable bonds is 5. The first kappa shape index (κ1) is 30.7. The molecule has 0 bridgehead atoms. The fraction of sp³-hybridized carbons (Fsp3) is 0. The van der Waals surface area contributed by atoms with Crippen LogP contribution in [0.1, 0.15) is 0 Å². The molecule has 11 rings (SSSR count). The quantitative estimate of drug-likeness (QED) is 0.179. The van der Waals surface area contributed by atoms with Crippen molar-refractivity contribution in [3.8, 4) is 56.3 Å². The van der Waals surface area contributed by atoms with Gasteiger partial charge in [0.1, 0.15) is 11.3 Å². The second-order valence-corrected chi connectivity index (χ2v) is 14.6.